The molecule has 2 atom stereocenters. The number of pyridine rings is 1. The Morgan fingerprint density at radius 1 is 1.64 bits per heavy atom. The van der Waals surface area contributed by atoms with Gasteiger partial charge in [-0.2, -0.15) is 0 Å². The van der Waals surface area contributed by atoms with Crippen molar-refractivity contribution in [2.45, 2.75) is 31.9 Å². The highest BCUT2D eigenvalue weighted by atomic mass is 16.3. The van der Waals surface area contributed by atoms with Crippen molar-refractivity contribution >= 4 is 5.82 Å². The Hall–Kier alpha value is -1.13. The van der Waals surface area contributed by atoms with E-state index in [2.05, 4.69) is 4.98 Å². The van der Waals surface area contributed by atoms with Gasteiger partial charge in [0.15, 0.2) is 0 Å². The van der Waals surface area contributed by atoms with Crippen LogP contribution in [0.25, 0.3) is 0 Å². The molecule has 0 saturated carbocycles. The Morgan fingerprint density at radius 2 is 2.29 bits per heavy atom. The van der Waals surface area contributed by atoms with Crippen molar-refractivity contribution in [2.75, 3.05) is 5.73 Å². The zero-order valence-corrected chi connectivity index (χ0v) is 8.57. The van der Waals surface area contributed by atoms with E-state index in [4.69, 9.17) is 11.5 Å². The molecule has 0 aliphatic rings. The lowest BCUT2D eigenvalue weighted by atomic mass is 9.91. The van der Waals surface area contributed by atoms with Gasteiger partial charge in [0.2, 0.25) is 0 Å². The molecule has 0 amide bonds. The number of rotatable bonds is 3. The highest BCUT2D eigenvalue weighted by Crippen LogP contribution is 2.16. The first-order valence-corrected chi connectivity index (χ1v) is 4.60. The van der Waals surface area contributed by atoms with Gasteiger partial charge in [-0.3, -0.25) is 0 Å². The van der Waals surface area contributed by atoms with E-state index in [0.717, 1.165) is 5.56 Å². The molecule has 78 valence electrons. The fourth-order valence-electron chi connectivity index (χ4n) is 1.18. The van der Waals surface area contributed by atoms with Gasteiger partial charge in [-0.05, 0) is 31.5 Å². The van der Waals surface area contributed by atoms with Gasteiger partial charge >= 0.3 is 0 Å². The van der Waals surface area contributed by atoms with Gasteiger partial charge in [-0.25, -0.2) is 4.98 Å². The van der Waals surface area contributed by atoms with Crippen molar-refractivity contribution in [1.29, 1.82) is 0 Å². The Kier molecular flexibility index (Phi) is 3.08. The maximum Gasteiger partial charge on any atom is 0.123 e. The lowest BCUT2D eigenvalue weighted by Gasteiger charge is -2.27. The summed E-state index contributed by atoms with van der Waals surface area (Å²) in [5, 5.41) is 9.95. The van der Waals surface area contributed by atoms with Crippen molar-refractivity contribution in [3.8, 4) is 0 Å². The SMILES string of the molecule is CC(N)C(C)(O)Cc1ccnc(N)c1. The summed E-state index contributed by atoms with van der Waals surface area (Å²) in [5.74, 6) is 0.461. The van der Waals surface area contributed by atoms with Crippen LogP contribution >= 0.6 is 0 Å². The van der Waals surface area contributed by atoms with E-state index in [9.17, 15) is 5.11 Å². The molecule has 1 aromatic heterocycles. The number of nitrogens with zero attached hydrogens (tertiary/aromatic N) is 1. The van der Waals surface area contributed by atoms with Crippen LogP contribution in [0.15, 0.2) is 18.3 Å². The lowest BCUT2D eigenvalue weighted by molar-refractivity contribution is 0.0389. The molecule has 1 heterocycles. The maximum atomic E-state index is 9.95. The summed E-state index contributed by atoms with van der Waals surface area (Å²) in [7, 11) is 0. The summed E-state index contributed by atoms with van der Waals surface area (Å²) in [6.45, 7) is 3.50. The second-order valence-electron chi connectivity index (χ2n) is 3.91. The van der Waals surface area contributed by atoms with Gasteiger partial charge < -0.3 is 16.6 Å². The van der Waals surface area contributed by atoms with Crippen LogP contribution in [0.2, 0.25) is 0 Å². The molecule has 2 unspecified atom stereocenters. The second kappa shape index (κ2) is 3.94. The molecule has 4 nitrogen and oxygen atoms in total. The van der Waals surface area contributed by atoms with Crippen LogP contribution in [0, 0.1) is 0 Å². The normalized spacial score (nSPS) is 17.4. The number of nitrogen functional groups attached to an aromatic ring is 1. The van der Waals surface area contributed by atoms with Gasteiger partial charge in [0, 0.05) is 18.7 Å². The molecule has 5 N–H and O–H groups in total. The number of aliphatic hydroxyl groups is 1. The maximum absolute atomic E-state index is 9.95. The predicted octanol–water partition coefficient (Wildman–Crippen LogP) is 0.304. The van der Waals surface area contributed by atoms with Crippen molar-refractivity contribution < 1.29 is 5.11 Å². The Morgan fingerprint density at radius 3 is 2.79 bits per heavy atom. The van der Waals surface area contributed by atoms with E-state index >= 15 is 0 Å². The minimum Gasteiger partial charge on any atom is -0.388 e. The average Bonchev–Trinajstić information content (AvgIpc) is 2.02. The first-order chi connectivity index (χ1) is 6.42. The molecule has 0 spiro atoms. The number of hydrogen-bond donors (Lipinski definition) is 3. The highest BCUT2D eigenvalue weighted by Gasteiger charge is 2.25. The summed E-state index contributed by atoms with van der Waals surface area (Å²) < 4.78 is 0. The fourth-order valence-corrected chi connectivity index (χ4v) is 1.18. The molecule has 0 saturated heterocycles. The van der Waals surface area contributed by atoms with Crippen molar-refractivity contribution in [2.24, 2.45) is 5.73 Å². The van der Waals surface area contributed by atoms with Crippen LogP contribution < -0.4 is 11.5 Å². The van der Waals surface area contributed by atoms with E-state index in [-0.39, 0.29) is 6.04 Å². The van der Waals surface area contributed by atoms with Gasteiger partial charge in [-0.15, -0.1) is 0 Å². The Labute approximate surface area is 83.9 Å². The van der Waals surface area contributed by atoms with Crippen LogP contribution in [0.1, 0.15) is 19.4 Å². The smallest absolute Gasteiger partial charge is 0.123 e. The molecule has 0 fully saturated rings. The minimum absolute atomic E-state index is 0.281. The molecule has 4 heteroatoms. The first-order valence-electron chi connectivity index (χ1n) is 4.60. The molecule has 0 aliphatic heterocycles. The summed E-state index contributed by atoms with van der Waals surface area (Å²) in [5.41, 5.74) is 11.2. The quantitative estimate of drug-likeness (QED) is 0.647. The zero-order chi connectivity index (χ0) is 10.8. The molecule has 0 aromatic carbocycles. The van der Waals surface area contributed by atoms with E-state index in [1.165, 1.54) is 0 Å². The number of aromatic nitrogens is 1. The molecule has 0 radical (unpaired) electrons. The third-order valence-electron chi connectivity index (χ3n) is 2.39. The standard InChI is InChI=1S/C10H17N3O/c1-7(11)10(2,14)6-8-3-4-13-9(12)5-8/h3-5,7,14H,6,11H2,1-2H3,(H2,12,13). The largest absolute Gasteiger partial charge is 0.388 e. The zero-order valence-electron chi connectivity index (χ0n) is 8.57. The van der Waals surface area contributed by atoms with E-state index in [1.807, 2.05) is 6.07 Å². The summed E-state index contributed by atoms with van der Waals surface area (Å²) in [4.78, 5) is 3.88. The van der Waals surface area contributed by atoms with Gasteiger partial charge in [0.1, 0.15) is 5.82 Å². The Balaban J connectivity index is 2.78. The monoisotopic (exact) mass is 195 g/mol. The Bertz CT molecular complexity index is 310. The van der Waals surface area contributed by atoms with Crippen LogP contribution in [0.5, 0.6) is 0 Å². The van der Waals surface area contributed by atoms with Gasteiger partial charge in [0.25, 0.3) is 0 Å². The molecule has 0 aliphatic carbocycles. The first kappa shape index (κ1) is 10.9. The van der Waals surface area contributed by atoms with Crippen LogP contribution in [0.3, 0.4) is 0 Å². The number of nitrogens with two attached hydrogens (primary N) is 2. The molecule has 1 rings (SSSR count). The minimum atomic E-state index is -0.909. The van der Waals surface area contributed by atoms with E-state index in [0.29, 0.717) is 12.2 Å². The van der Waals surface area contributed by atoms with E-state index < -0.39 is 5.60 Å². The summed E-state index contributed by atoms with van der Waals surface area (Å²) >= 11 is 0. The average molecular weight is 195 g/mol. The summed E-state index contributed by atoms with van der Waals surface area (Å²) in [6, 6.07) is 3.29. The van der Waals surface area contributed by atoms with Gasteiger partial charge in [-0.1, -0.05) is 0 Å². The molecular formula is C10H17N3O. The fraction of sp³-hybridized carbons (Fsp3) is 0.500. The van der Waals surface area contributed by atoms with E-state index in [1.54, 1.807) is 26.1 Å². The second-order valence-corrected chi connectivity index (χ2v) is 3.91. The molecule has 0 bridgehead atoms. The number of anilines is 1. The molecule has 1 aromatic rings. The molecule has 14 heavy (non-hydrogen) atoms. The predicted molar refractivity (Wildman–Crippen MR) is 56.6 cm³/mol. The third kappa shape index (κ3) is 2.68. The third-order valence-corrected chi connectivity index (χ3v) is 2.39. The van der Waals surface area contributed by atoms with Crippen molar-refractivity contribution in [3.05, 3.63) is 23.9 Å². The van der Waals surface area contributed by atoms with Crippen LogP contribution in [-0.4, -0.2) is 21.7 Å². The van der Waals surface area contributed by atoms with Crippen molar-refractivity contribution in [1.82, 2.24) is 4.98 Å². The summed E-state index contributed by atoms with van der Waals surface area (Å²) in [6.07, 6.45) is 2.11. The molecular weight excluding hydrogens is 178 g/mol. The van der Waals surface area contributed by atoms with Crippen LogP contribution in [-0.2, 0) is 6.42 Å². The highest BCUT2D eigenvalue weighted by molar-refractivity contribution is 5.32. The topological polar surface area (TPSA) is 85.2 Å². The van der Waals surface area contributed by atoms with Crippen molar-refractivity contribution in [3.63, 3.8) is 0 Å². The number of hydrogen-bond acceptors (Lipinski definition) is 4. The van der Waals surface area contributed by atoms with Gasteiger partial charge in [0.05, 0.1) is 5.60 Å². The lowest BCUT2D eigenvalue weighted by Crippen LogP contribution is -2.45. The van der Waals surface area contributed by atoms with Crippen LogP contribution in [0.4, 0.5) is 5.82 Å².